The van der Waals surface area contributed by atoms with Gasteiger partial charge in [0.1, 0.15) is 0 Å². The van der Waals surface area contributed by atoms with Crippen molar-refractivity contribution in [2.45, 2.75) is 13.3 Å². The quantitative estimate of drug-likeness (QED) is 0.451. The molecule has 4 heteroatoms. The van der Waals surface area contributed by atoms with E-state index in [1.807, 2.05) is 0 Å². The third-order valence-electron chi connectivity index (χ3n) is 0.715. The Bertz CT molecular complexity index is 132. The van der Waals surface area contributed by atoms with Crippen LogP contribution < -0.4 is 22.4 Å². The maximum absolute atomic E-state index is 9.72. The average molecular weight is 195 g/mol. The molecule has 0 amide bonds. The Morgan fingerprint density at radius 3 is 1.67 bits per heavy atom. The Morgan fingerprint density at radius 2 is 1.67 bits per heavy atom. The summed E-state index contributed by atoms with van der Waals surface area (Å²) in [6.45, 7) is 4.93. The zero-order valence-corrected chi connectivity index (χ0v) is 8.86. The van der Waals surface area contributed by atoms with E-state index < -0.39 is 5.97 Å². The number of carboxylic acid groups (broad SMARTS) is 1. The number of aliphatic carboxylic acids is 1. The maximum Gasteiger partial charge on any atom is 0.0668 e. The summed E-state index contributed by atoms with van der Waals surface area (Å²) < 4.78 is 0. The van der Waals surface area contributed by atoms with Crippen molar-refractivity contribution < 1.29 is 27.2 Å². The van der Waals surface area contributed by atoms with Crippen molar-refractivity contribution in [3.8, 4) is 0 Å². The first-order valence-electron chi connectivity index (χ1n) is 3.57. The van der Waals surface area contributed by atoms with Crippen LogP contribution in [-0.2, 0) is 4.79 Å². The summed E-state index contributed by atoms with van der Waals surface area (Å²) >= 11 is 0. The molecule has 0 aliphatic heterocycles. The molecule has 74 valence electrons. The lowest BCUT2D eigenvalue weighted by molar-refractivity contribution is -0.836. The van der Waals surface area contributed by atoms with Gasteiger partial charge in [0.05, 0.1) is 27.1 Å². The standard InChI is InChI=1S/C5H8O2.C3H9N.ClH/c1-3-4(2)5(6)7;1-4(2)3;/h2-3H2,1H3,(H,6,7);1-3H3;1H/p-1. The molecule has 0 unspecified atom stereocenters. The van der Waals surface area contributed by atoms with E-state index in [9.17, 15) is 9.90 Å². The van der Waals surface area contributed by atoms with Gasteiger partial charge in [0.2, 0.25) is 0 Å². The molecule has 0 heterocycles. The number of hydrogen-bond donors (Lipinski definition) is 1. The molecule has 0 aromatic heterocycles. The highest BCUT2D eigenvalue weighted by Crippen LogP contribution is 1.90. The van der Waals surface area contributed by atoms with Crippen LogP contribution in [0.4, 0.5) is 0 Å². The number of halogens is 1. The van der Waals surface area contributed by atoms with Gasteiger partial charge >= 0.3 is 0 Å². The number of carbonyl (C=O) groups excluding carboxylic acids is 1. The number of quaternary nitrogens is 1. The Hall–Kier alpha value is -0.540. The SMILES string of the molecule is C=C(CC)C(=O)[O-].C[NH+](C)C.[Cl-]. The van der Waals surface area contributed by atoms with Crippen molar-refractivity contribution in [1.82, 2.24) is 0 Å². The van der Waals surface area contributed by atoms with E-state index >= 15 is 0 Å². The van der Waals surface area contributed by atoms with E-state index in [1.54, 1.807) is 6.92 Å². The average Bonchev–Trinajstić information content (AvgIpc) is 1.85. The Labute approximate surface area is 80.5 Å². The summed E-state index contributed by atoms with van der Waals surface area (Å²) in [5, 5.41) is 9.72. The van der Waals surface area contributed by atoms with E-state index in [0.29, 0.717) is 6.42 Å². The van der Waals surface area contributed by atoms with Crippen LogP contribution >= 0.6 is 0 Å². The second-order valence-electron chi connectivity index (χ2n) is 2.74. The smallest absolute Gasteiger partial charge is 0.0668 e. The zero-order valence-electron chi connectivity index (χ0n) is 8.11. The van der Waals surface area contributed by atoms with Gasteiger partial charge in [0.25, 0.3) is 0 Å². The summed E-state index contributed by atoms with van der Waals surface area (Å²) in [5.41, 5.74) is 0.153. The third-order valence-corrected chi connectivity index (χ3v) is 0.715. The van der Waals surface area contributed by atoms with Crippen LogP contribution in [0.5, 0.6) is 0 Å². The highest BCUT2D eigenvalue weighted by molar-refractivity contribution is 5.83. The van der Waals surface area contributed by atoms with Crippen molar-refractivity contribution in [3.05, 3.63) is 12.2 Å². The monoisotopic (exact) mass is 194 g/mol. The topological polar surface area (TPSA) is 44.6 Å². The number of hydrogen-bond acceptors (Lipinski definition) is 2. The van der Waals surface area contributed by atoms with Gasteiger partial charge in [0, 0.05) is 0 Å². The predicted octanol–water partition coefficient (Wildman–Crippen LogP) is -4.53. The third kappa shape index (κ3) is 22.7. The van der Waals surface area contributed by atoms with E-state index in [2.05, 4.69) is 27.7 Å². The zero-order chi connectivity index (χ0) is 9.44. The minimum atomic E-state index is -1.15. The predicted molar refractivity (Wildman–Crippen MR) is 43.2 cm³/mol. The van der Waals surface area contributed by atoms with Crippen LogP contribution in [0.25, 0.3) is 0 Å². The highest BCUT2D eigenvalue weighted by Gasteiger charge is 1.84. The molecule has 0 aliphatic rings. The maximum atomic E-state index is 9.72. The summed E-state index contributed by atoms with van der Waals surface area (Å²) in [4.78, 5) is 11.1. The van der Waals surface area contributed by atoms with E-state index in [-0.39, 0.29) is 18.0 Å². The summed E-state index contributed by atoms with van der Waals surface area (Å²) in [7, 11) is 6.25. The van der Waals surface area contributed by atoms with Crippen molar-refractivity contribution >= 4 is 5.97 Å². The van der Waals surface area contributed by atoms with Gasteiger partial charge < -0.3 is 27.2 Å². The van der Waals surface area contributed by atoms with Gasteiger partial charge in [-0.05, 0) is 12.0 Å². The molecule has 0 saturated carbocycles. The molecule has 3 nitrogen and oxygen atoms in total. The van der Waals surface area contributed by atoms with E-state index in [1.165, 1.54) is 4.90 Å². The van der Waals surface area contributed by atoms with Crippen LogP contribution in [0, 0.1) is 0 Å². The van der Waals surface area contributed by atoms with E-state index in [0.717, 1.165) is 0 Å². The molecule has 12 heavy (non-hydrogen) atoms. The lowest BCUT2D eigenvalue weighted by atomic mass is 10.2. The Morgan fingerprint density at radius 1 is 1.42 bits per heavy atom. The van der Waals surface area contributed by atoms with Gasteiger partial charge in [-0.2, -0.15) is 0 Å². The molecular formula is C8H17ClNO2-. The number of carboxylic acids is 1. The molecule has 0 fully saturated rings. The number of carbonyl (C=O) groups is 1. The first-order chi connectivity index (χ1) is 4.91. The van der Waals surface area contributed by atoms with Gasteiger partial charge in [0.15, 0.2) is 0 Å². The first kappa shape index (κ1) is 17.5. The molecule has 0 spiro atoms. The molecule has 0 atom stereocenters. The fourth-order valence-corrected chi connectivity index (χ4v) is 0.144. The second-order valence-corrected chi connectivity index (χ2v) is 2.74. The molecule has 0 aromatic carbocycles. The normalized spacial score (nSPS) is 7.75. The second kappa shape index (κ2) is 10.5. The Balaban J connectivity index is -0.000000142. The summed E-state index contributed by atoms with van der Waals surface area (Å²) in [5.74, 6) is -1.15. The van der Waals surface area contributed by atoms with Gasteiger partial charge in [-0.25, -0.2) is 0 Å². The lowest BCUT2D eigenvalue weighted by Gasteiger charge is -1.98. The fourth-order valence-electron chi connectivity index (χ4n) is 0.144. The molecule has 0 bridgehead atoms. The minimum absolute atomic E-state index is 0. The number of nitrogens with one attached hydrogen (secondary N) is 1. The van der Waals surface area contributed by atoms with Crippen molar-refractivity contribution in [1.29, 1.82) is 0 Å². The van der Waals surface area contributed by atoms with Crippen LogP contribution in [-0.4, -0.2) is 27.1 Å². The molecular weight excluding hydrogens is 178 g/mol. The summed E-state index contributed by atoms with van der Waals surface area (Å²) in [6.07, 6.45) is 0.461. The van der Waals surface area contributed by atoms with Crippen molar-refractivity contribution in [3.63, 3.8) is 0 Å². The first-order valence-corrected chi connectivity index (χ1v) is 3.57. The fraction of sp³-hybridized carbons (Fsp3) is 0.625. The van der Waals surface area contributed by atoms with Gasteiger partial charge in [-0.1, -0.05) is 13.5 Å². The summed E-state index contributed by atoms with van der Waals surface area (Å²) in [6, 6.07) is 0. The molecule has 1 N–H and O–H groups in total. The van der Waals surface area contributed by atoms with Crippen molar-refractivity contribution in [2.24, 2.45) is 0 Å². The van der Waals surface area contributed by atoms with Crippen LogP contribution in [0.15, 0.2) is 12.2 Å². The highest BCUT2D eigenvalue weighted by atomic mass is 35.5. The van der Waals surface area contributed by atoms with Crippen molar-refractivity contribution in [2.75, 3.05) is 21.1 Å². The van der Waals surface area contributed by atoms with Gasteiger partial charge in [-0.3, -0.25) is 0 Å². The van der Waals surface area contributed by atoms with Crippen LogP contribution in [0.2, 0.25) is 0 Å². The van der Waals surface area contributed by atoms with Crippen LogP contribution in [0.1, 0.15) is 13.3 Å². The van der Waals surface area contributed by atoms with Crippen LogP contribution in [0.3, 0.4) is 0 Å². The largest absolute Gasteiger partial charge is 1.00 e. The van der Waals surface area contributed by atoms with E-state index in [4.69, 9.17) is 0 Å². The molecule has 0 saturated heterocycles. The van der Waals surface area contributed by atoms with Gasteiger partial charge in [-0.15, -0.1) is 0 Å². The molecule has 0 radical (unpaired) electrons. The number of rotatable bonds is 2. The molecule has 0 rings (SSSR count). The molecule has 0 aromatic rings. The minimum Gasteiger partial charge on any atom is -1.00 e. The lowest BCUT2D eigenvalue weighted by Crippen LogP contribution is -3.02. The molecule has 0 aliphatic carbocycles. The Kier molecular flexibility index (Phi) is 15.3.